The van der Waals surface area contributed by atoms with Crippen molar-refractivity contribution in [3.8, 4) is 22.7 Å². The lowest BCUT2D eigenvalue weighted by molar-refractivity contribution is -0.145. The molecule has 1 aromatic carbocycles. The Balaban J connectivity index is 1.64. The molecule has 124 valence electrons. The fourth-order valence-corrected chi connectivity index (χ4v) is 3.85. The summed E-state index contributed by atoms with van der Waals surface area (Å²) in [5, 5.41) is 10.2. The van der Waals surface area contributed by atoms with Crippen LogP contribution in [-0.4, -0.2) is 15.8 Å². The average Bonchev–Trinajstić information content (AvgIpc) is 3.03. The van der Waals surface area contributed by atoms with Gasteiger partial charge >= 0.3 is 5.97 Å². The smallest absolute Gasteiger partial charge is 0.306 e. The molecule has 2 aromatic rings. The Hall–Kier alpha value is -2.04. The molecular formula is C20H22NO2P. The number of aliphatic carboxylic acids is 1. The van der Waals surface area contributed by atoms with Crippen LogP contribution in [0.3, 0.4) is 0 Å². The number of carboxylic acids is 1. The third-order valence-electron chi connectivity index (χ3n) is 4.82. The third-order valence-corrected chi connectivity index (χ3v) is 5.86. The van der Waals surface area contributed by atoms with Gasteiger partial charge in [-0.15, -0.1) is 0 Å². The van der Waals surface area contributed by atoms with Gasteiger partial charge in [-0.1, -0.05) is 37.8 Å². The largest absolute Gasteiger partial charge is 0.481 e. The molecule has 0 aliphatic heterocycles. The van der Waals surface area contributed by atoms with Crippen LogP contribution < -0.4 is 0 Å². The first-order valence-electron chi connectivity index (χ1n) is 8.47. The third kappa shape index (κ3) is 3.71. The second kappa shape index (κ2) is 7.24. The van der Waals surface area contributed by atoms with Crippen LogP contribution >= 0.6 is 8.35 Å². The minimum atomic E-state index is -0.693. The normalized spacial score (nSPS) is 20.9. The lowest BCUT2D eigenvalue weighted by Gasteiger charge is -2.27. The van der Waals surface area contributed by atoms with Crippen LogP contribution in [0.15, 0.2) is 30.3 Å². The van der Waals surface area contributed by atoms with Crippen LogP contribution in [0, 0.1) is 23.7 Å². The molecule has 1 aromatic heterocycles. The number of nitrogens with zero attached hydrogens (tertiary/aromatic N) is 1. The number of carbonyl (C=O) groups is 1. The zero-order valence-electron chi connectivity index (χ0n) is 14.0. The molecule has 1 aliphatic rings. The Labute approximate surface area is 144 Å². The summed E-state index contributed by atoms with van der Waals surface area (Å²) >= 11 is 0. The van der Waals surface area contributed by atoms with E-state index in [1.165, 1.54) is 16.6 Å². The molecule has 2 atom stereocenters. The molecule has 0 radical (unpaired) electrons. The van der Waals surface area contributed by atoms with Gasteiger partial charge in [0.2, 0.25) is 0 Å². The van der Waals surface area contributed by atoms with Gasteiger partial charge in [0.25, 0.3) is 0 Å². The van der Waals surface area contributed by atoms with Crippen molar-refractivity contribution in [2.24, 2.45) is 11.8 Å². The second-order valence-corrected chi connectivity index (χ2v) is 7.55. The maximum Gasteiger partial charge on any atom is 0.306 e. The zero-order valence-corrected chi connectivity index (χ0v) is 15.0. The van der Waals surface area contributed by atoms with E-state index >= 15 is 0 Å². The van der Waals surface area contributed by atoms with E-state index < -0.39 is 5.97 Å². The van der Waals surface area contributed by atoms with E-state index in [-0.39, 0.29) is 11.8 Å². The van der Waals surface area contributed by atoms with E-state index in [2.05, 4.69) is 48.6 Å². The number of benzene rings is 1. The summed E-state index contributed by atoms with van der Waals surface area (Å²) in [7, 11) is 0.508. The summed E-state index contributed by atoms with van der Waals surface area (Å²) in [6.45, 7) is 4.41. The van der Waals surface area contributed by atoms with Gasteiger partial charge in [-0.2, -0.15) is 0 Å². The Bertz CT molecular complexity index is 776. The molecule has 1 N–H and O–H groups in total. The quantitative estimate of drug-likeness (QED) is 0.817. The number of aromatic nitrogens is 1. The summed E-state index contributed by atoms with van der Waals surface area (Å²) in [6, 6.07) is 10.5. The van der Waals surface area contributed by atoms with Crippen LogP contribution in [-0.2, 0) is 4.79 Å². The van der Waals surface area contributed by atoms with Gasteiger partial charge in [0.1, 0.15) is 0 Å². The molecule has 0 bridgehead atoms. The highest BCUT2D eigenvalue weighted by Gasteiger charge is 2.33. The van der Waals surface area contributed by atoms with Crippen LogP contribution in [0.4, 0.5) is 0 Å². The fraction of sp³-hybridized carbons (Fsp3) is 0.400. The molecule has 0 saturated heterocycles. The van der Waals surface area contributed by atoms with Crippen molar-refractivity contribution in [2.45, 2.75) is 39.0 Å². The van der Waals surface area contributed by atoms with Gasteiger partial charge in [0, 0.05) is 22.5 Å². The van der Waals surface area contributed by atoms with E-state index in [4.69, 9.17) is 5.11 Å². The molecule has 0 amide bonds. The SMILES string of the molecule is CCC(C)c1cc(-c2ccc(C#CC3CC(C(=O)O)C3)cc2)[pH]n1. The van der Waals surface area contributed by atoms with E-state index in [0.717, 1.165) is 12.0 Å². The summed E-state index contributed by atoms with van der Waals surface area (Å²) in [6.07, 6.45) is 2.49. The van der Waals surface area contributed by atoms with Gasteiger partial charge in [-0.25, -0.2) is 4.75 Å². The number of carboxylic acid groups (broad SMARTS) is 1. The minimum absolute atomic E-state index is 0.193. The first-order chi connectivity index (χ1) is 11.6. The topological polar surface area (TPSA) is 50.2 Å². The predicted molar refractivity (Wildman–Crippen MR) is 98.6 cm³/mol. The van der Waals surface area contributed by atoms with E-state index in [1.807, 2.05) is 12.1 Å². The van der Waals surface area contributed by atoms with E-state index in [1.54, 1.807) is 0 Å². The molecule has 1 saturated carbocycles. The molecule has 3 nitrogen and oxygen atoms in total. The number of hydrogen-bond acceptors (Lipinski definition) is 2. The highest BCUT2D eigenvalue weighted by molar-refractivity contribution is 7.29. The molecule has 4 heteroatoms. The Morgan fingerprint density at radius 3 is 2.71 bits per heavy atom. The van der Waals surface area contributed by atoms with Crippen LogP contribution in [0.1, 0.15) is 50.3 Å². The van der Waals surface area contributed by atoms with Gasteiger partial charge in [0.05, 0.1) is 5.92 Å². The first-order valence-corrected chi connectivity index (χ1v) is 9.41. The van der Waals surface area contributed by atoms with Gasteiger partial charge in [-0.05, 0) is 57.3 Å². The molecule has 3 rings (SSSR count). The van der Waals surface area contributed by atoms with Crippen molar-refractivity contribution in [3.05, 3.63) is 41.6 Å². The standard InChI is InChI=1S/C20H22NO2P/c1-3-13(2)18-12-19(24-21-18)16-8-6-14(7-9-16)4-5-15-10-17(11-15)20(22)23/h6-9,12-13,15,17,24H,3,10-11H2,1-2H3,(H,22,23). The van der Waals surface area contributed by atoms with Crippen molar-refractivity contribution in [2.75, 3.05) is 0 Å². The van der Waals surface area contributed by atoms with Gasteiger partial charge in [-0.3, -0.25) is 4.79 Å². The summed E-state index contributed by atoms with van der Waals surface area (Å²) in [5.74, 6) is 6.23. The summed E-state index contributed by atoms with van der Waals surface area (Å²) < 4.78 is 4.66. The van der Waals surface area contributed by atoms with Gasteiger partial charge < -0.3 is 5.11 Å². The van der Waals surface area contributed by atoms with Crippen molar-refractivity contribution < 1.29 is 9.90 Å². The number of hydrogen-bond donors (Lipinski definition) is 1. The van der Waals surface area contributed by atoms with E-state index in [9.17, 15) is 4.79 Å². The lowest BCUT2D eigenvalue weighted by Crippen LogP contribution is -2.29. The number of rotatable bonds is 4. The Morgan fingerprint density at radius 1 is 1.38 bits per heavy atom. The second-order valence-electron chi connectivity index (χ2n) is 6.57. The molecule has 2 unspecified atom stereocenters. The molecule has 1 heterocycles. The maximum atomic E-state index is 10.8. The first kappa shape index (κ1) is 16.8. The Kier molecular flexibility index (Phi) is 5.07. The van der Waals surface area contributed by atoms with Crippen molar-refractivity contribution in [3.63, 3.8) is 0 Å². The van der Waals surface area contributed by atoms with E-state index in [0.29, 0.717) is 27.1 Å². The zero-order chi connectivity index (χ0) is 17.1. The maximum absolute atomic E-state index is 10.8. The fourth-order valence-electron chi connectivity index (χ4n) is 2.80. The monoisotopic (exact) mass is 339 g/mol. The lowest BCUT2D eigenvalue weighted by atomic mass is 9.75. The molecule has 1 fully saturated rings. The molecule has 0 spiro atoms. The molecular weight excluding hydrogens is 317 g/mol. The van der Waals surface area contributed by atoms with Gasteiger partial charge in [0.15, 0.2) is 0 Å². The van der Waals surface area contributed by atoms with Crippen LogP contribution in [0.25, 0.3) is 10.9 Å². The van der Waals surface area contributed by atoms with Crippen molar-refractivity contribution in [1.29, 1.82) is 0 Å². The predicted octanol–water partition coefficient (Wildman–Crippen LogP) is 4.76. The average molecular weight is 339 g/mol. The minimum Gasteiger partial charge on any atom is -0.481 e. The summed E-state index contributed by atoms with van der Waals surface area (Å²) in [5.41, 5.74) is 3.42. The highest BCUT2D eigenvalue weighted by Crippen LogP contribution is 2.34. The molecule has 24 heavy (non-hydrogen) atoms. The van der Waals surface area contributed by atoms with Crippen molar-refractivity contribution in [1.82, 2.24) is 4.75 Å². The van der Waals surface area contributed by atoms with Crippen molar-refractivity contribution >= 4 is 14.3 Å². The molecule has 1 aliphatic carbocycles. The Morgan fingerprint density at radius 2 is 2.08 bits per heavy atom. The van der Waals surface area contributed by atoms with Crippen LogP contribution in [0.5, 0.6) is 0 Å². The van der Waals surface area contributed by atoms with Crippen LogP contribution in [0.2, 0.25) is 0 Å². The summed E-state index contributed by atoms with van der Waals surface area (Å²) in [4.78, 5) is 10.8. The highest BCUT2D eigenvalue weighted by atomic mass is 31.0.